The Balaban J connectivity index is 2.20. The van der Waals surface area contributed by atoms with Crippen molar-refractivity contribution in [1.29, 1.82) is 0 Å². The van der Waals surface area contributed by atoms with E-state index in [1.165, 1.54) is 10.4 Å². The third-order valence-corrected chi connectivity index (χ3v) is 3.49. The van der Waals surface area contributed by atoms with Crippen LogP contribution in [0.25, 0.3) is 0 Å². The van der Waals surface area contributed by atoms with Crippen LogP contribution in [0.5, 0.6) is 0 Å². The molecule has 17 heavy (non-hydrogen) atoms. The fraction of sp³-hybridized carbons (Fsp3) is 0.500. The molecule has 0 saturated heterocycles. The van der Waals surface area contributed by atoms with E-state index in [1.807, 2.05) is 22.6 Å². The summed E-state index contributed by atoms with van der Waals surface area (Å²) in [4.78, 5) is 5.40. The highest BCUT2D eigenvalue weighted by atomic mass is 32.1. The molecule has 1 unspecified atom stereocenters. The normalized spacial score (nSPS) is 12.8. The van der Waals surface area contributed by atoms with Gasteiger partial charge in [-0.2, -0.15) is 5.10 Å². The first-order valence-electron chi connectivity index (χ1n) is 5.99. The summed E-state index contributed by atoms with van der Waals surface area (Å²) in [6.07, 6.45) is 7.10. The van der Waals surface area contributed by atoms with Gasteiger partial charge in [-0.3, -0.25) is 9.67 Å². The smallest absolute Gasteiger partial charge is 0.0794 e. The summed E-state index contributed by atoms with van der Waals surface area (Å²) >= 11 is 1.68. The highest BCUT2D eigenvalue weighted by molar-refractivity contribution is 7.09. The molecule has 2 aromatic rings. The van der Waals surface area contributed by atoms with Crippen molar-refractivity contribution in [2.75, 3.05) is 6.54 Å². The molecule has 2 heterocycles. The van der Waals surface area contributed by atoms with Crippen LogP contribution in [0.1, 0.15) is 36.8 Å². The van der Waals surface area contributed by atoms with E-state index in [9.17, 15) is 0 Å². The topological polar surface area (TPSA) is 42.7 Å². The molecule has 0 bridgehead atoms. The van der Waals surface area contributed by atoms with Gasteiger partial charge in [-0.1, -0.05) is 6.92 Å². The van der Waals surface area contributed by atoms with Gasteiger partial charge in [0.1, 0.15) is 0 Å². The van der Waals surface area contributed by atoms with Crippen molar-refractivity contribution in [3.8, 4) is 0 Å². The number of aryl methyl sites for hydroxylation is 1. The summed E-state index contributed by atoms with van der Waals surface area (Å²) in [7, 11) is 0. The molecule has 0 amide bonds. The summed E-state index contributed by atoms with van der Waals surface area (Å²) in [5, 5.41) is 7.88. The lowest BCUT2D eigenvalue weighted by Crippen LogP contribution is -2.22. The van der Waals surface area contributed by atoms with Gasteiger partial charge in [-0.05, 0) is 19.9 Å². The molecule has 1 atom stereocenters. The maximum absolute atomic E-state index is 4.33. The third-order valence-electron chi connectivity index (χ3n) is 2.64. The molecular weight excluding hydrogens is 232 g/mol. The molecule has 0 spiro atoms. The van der Waals surface area contributed by atoms with Crippen LogP contribution in [0.2, 0.25) is 0 Å². The van der Waals surface area contributed by atoms with E-state index in [1.54, 1.807) is 11.3 Å². The van der Waals surface area contributed by atoms with Crippen LogP contribution in [-0.2, 0) is 6.54 Å². The molecule has 0 aliphatic heterocycles. The molecule has 0 aromatic carbocycles. The maximum atomic E-state index is 4.33. The Kier molecular flexibility index (Phi) is 4.28. The van der Waals surface area contributed by atoms with Crippen molar-refractivity contribution in [2.24, 2.45) is 0 Å². The second-order valence-electron chi connectivity index (χ2n) is 3.92. The fourth-order valence-electron chi connectivity index (χ4n) is 1.74. The average molecular weight is 250 g/mol. The van der Waals surface area contributed by atoms with Gasteiger partial charge in [0.05, 0.1) is 17.7 Å². The van der Waals surface area contributed by atoms with Crippen LogP contribution >= 0.6 is 11.3 Å². The van der Waals surface area contributed by atoms with E-state index >= 15 is 0 Å². The zero-order chi connectivity index (χ0) is 12.1. The van der Waals surface area contributed by atoms with Crippen LogP contribution in [0.15, 0.2) is 24.1 Å². The zero-order valence-electron chi connectivity index (χ0n) is 10.3. The standard InChI is InChI=1S/C12H18N4S/c1-3-5-14-12(11-7-13-9-17-11)10-6-15-16(4-2)8-10/h6-9,12,14H,3-5H2,1-2H3. The molecular formula is C12H18N4S. The van der Waals surface area contributed by atoms with Crippen molar-refractivity contribution in [3.05, 3.63) is 34.5 Å². The second-order valence-corrected chi connectivity index (χ2v) is 4.84. The Bertz CT molecular complexity index is 435. The van der Waals surface area contributed by atoms with Gasteiger partial charge >= 0.3 is 0 Å². The Morgan fingerprint density at radius 2 is 2.29 bits per heavy atom. The summed E-state index contributed by atoms with van der Waals surface area (Å²) in [6, 6.07) is 0.225. The fourth-order valence-corrected chi connectivity index (χ4v) is 2.46. The van der Waals surface area contributed by atoms with Crippen LogP contribution in [0, 0.1) is 0 Å². The van der Waals surface area contributed by atoms with Crippen molar-refractivity contribution in [3.63, 3.8) is 0 Å². The minimum absolute atomic E-state index is 0.225. The number of aromatic nitrogens is 3. The van der Waals surface area contributed by atoms with Crippen LogP contribution in [-0.4, -0.2) is 21.3 Å². The van der Waals surface area contributed by atoms with Gasteiger partial charge < -0.3 is 5.32 Å². The van der Waals surface area contributed by atoms with E-state index < -0.39 is 0 Å². The minimum Gasteiger partial charge on any atom is -0.305 e. The van der Waals surface area contributed by atoms with Crippen LogP contribution < -0.4 is 5.32 Å². The molecule has 1 N–H and O–H groups in total. The van der Waals surface area contributed by atoms with E-state index in [-0.39, 0.29) is 6.04 Å². The average Bonchev–Trinajstić information content (AvgIpc) is 3.00. The van der Waals surface area contributed by atoms with Crippen molar-refractivity contribution < 1.29 is 0 Å². The molecule has 0 saturated carbocycles. The SMILES string of the molecule is CCCNC(c1cnn(CC)c1)c1cncs1. The van der Waals surface area contributed by atoms with E-state index in [0.717, 1.165) is 19.5 Å². The van der Waals surface area contributed by atoms with Crippen molar-refractivity contribution in [1.82, 2.24) is 20.1 Å². The van der Waals surface area contributed by atoms with Crippen molar-refractivity contribution >= 4 is 11.3 Å². The molecule has 0 aliphatic carbocycles. The highest BCUT2D eigenvalue weighted by Gasteiger charge is 2.16. The predicted molar refractivity (Wildman–Crippen MR) is 70.2 cm³/mol. The molecule has 2 aromatic heterocycles. The van der Waals surface area contributed by atoms with Gasteiger partial charge in [0.25, 0.3) is 0 Å². The van der Waals surface area contributed by atoms with Gasteiger partial charge in [-0.15, -0.1) is 11.3 Å². The van der Waals surface area contributed by atoms with E-state index in [0.29, 0.717) is 0 Å². The second kappa shape index (κ2) is 5.93. The quantitative estimate of drug-likeness (QED) is 0.856. The maximum Gasteiger partial charge on any atom is 0.0794 e. The van der Waals surface area contributed by atoms with Crippen molar-refractivity contribution in [2.45, 2.75) is 32.9 Å². The molecule has 0 radical (unpaired) electrons. The number of nitrogens with one attached hydrogen (secondary N) is 1. The first-order chi connectivity index (χ1) is 8.35. The molecule has 0 aliphatic rings. The number of hydrogen-bond donors (Lipinski definition) is 1. The number of hydrogen-bond acceptors (Lipinski definition) is 4. The third kappa shape index (κ3) is 2.92. The Morgan fingerprint density at radius 3 is 2.88 bits per heavy atom. The monoisotopic (exact) mass is 250 g/mol. The lowest BCUT2D eigenvalue weighted by atomic mass is 10.1. The van der Waals surface area contributed by atoms with Gasteiger partial charge in [0.15, 0.2) is 0 Å². The lowest BCUT2D eigenvalue weighted by Gasteiger charge is -2.14. The van der Waals surface area contributed by atoms with Crippen LogP contribution in [0.4, 0.5) is 0 Å². The van der Waals surface area contributed by atoms with Gasteiger partial charge in [0, 0.05) is 29.4 Å². The Hall–Kier alpha value is -1.20. The Morgan fingerprint density at radius 1 is 1.41 bits per heavy atom. The lowest BCUT2D eigenvalue weighted by molar-refractivity contribution is 0.602. The number of thiazole rings is 1. The Labute approximate surface area is 106 Å². The zero-order valence-corrected chi connectivity index (χ0v) is 11.1. The number of nitrogens with zero attached hydrogens (tertiary/aromatic N) is 3. The van der Waals surface area contributed by atoms with Gasteiger partial charge in [-0.25, -0.2) is 0 Å². The first-order valence-corrected chi connectivity index (χ1v) is 6.87. The summed E-state index contributed by atoms with van der Waals surface area (Å²) in [5.74, 6) is 0. The van der Waals surface area contributed by atoms with E-state index in [4.69, 9.17) is 0 Å². The largest absolute Gasteiger partial charge is 0.305 e. The number of rotatable bonds is 6. The van der Waals surface area contributed by atoms with E-state index in [2.05, 4.69) is 35.4 Å². The predicted octanol–water partition coefficient (Wildman–Crippen LogP) is 2.45. The molecule has 2 rings (SSSR count). The minimum atomic E-state index is 0.225. The molecule has 4 nitrogen and oxygen atoms in total. The summed E-state index contributed by atoms with van der Waals surface area (Å²) < 4.78 is 1.96. The molecule has 5 heteroatoms. The highest BCUT2D eigenvalue weighted by Crippen LogP contribution is 2.24. The molecule has 0 fully saturated rings. The summed E-state index contributed by atoms with van der Waals surface area (Å²) in [5.41, 5.74) is 3.09. The molecule has 92 valence electrons. The summed E-state index contributed by atoms with van der Waals surface area (Å²) in [6.45, 7) is 6.17. The first kappa shape index (κ1) is 12.3. The van der Waals surface area contributed by atoms with Crippen LogP contribution in [0.3, 0.4) is 0 Å². The van der Waals surface area contributed by atoms with Gasteiger partial charge in [0.2, 0.25) is 0 Å².